The molecule has 0 unspecified atom stereocenters. The summed E-state index contributed by atoms with van der Waals surface area (Å²) in [7, 11) is -4.89. The molecule has 7 nitrogen and oxygen atoms in total. The molecule has 0 aliphatic heterocycles. The summed E-state index contributed by atoms with van der Waals surface area (Å²) < 4.78 is 8.77. The van der Waals surface area contributed by atoms with Gasteiger partial charge in [0.15, 0.2) is 0 Å². The van der Waals surface area contributed by atoms with E-state index in [0.717, 1.165) is 0 Å². The summed E-state index contributed by atoms with van der Waals surface area (Å²) in [5, 5.41) is 0. The van der Waals surface area contributed by atoms with E-state index in [1.165, 1.54) is 0 Å². The number of rotatable bonds is 0. The molecule has 0 amide bonds. The Balaban J connectivity index is -0.0000000133. The zero-order valence-corrected chi connectivity index (χ0v) is 7.76. The van der Waals surface area contributed by atoms with Gasteiger partial charge in [0, 0.05) is 0 Å². The molecule has 0 saturated carbocycles. The molecule has 0 rings (SSSR count). The molecule has 0 radical (unpaired) electrons. The van der Waals surface area contributed by atoms with Crippen LogP contribution in [0, 0.1) is 0 Å². The predicted octanol–water partition coefficient (Wildman–Crippen LogP) is -6.04. The van der Waals surface area contributed by atoms with Crippen molar-refractivity contribution in [2.24, 2.45) is 0 Å². The van der Waals surface area contributed by atoms with Crippen LogP contribution in [0.4, 0.5) is 0 Å². The van der Waals surface area contributed by atoms with Crippen LogP contribution in [-0.2, 0) is 4.57 Å². The Morgan fingerprint density at radius 2 is 1.22 bits per heavy atom. The van der Waals surface area contributed by atoms with Gasteiger partial charge < -0.3 is 31.8 Å². The van der Waals surface area contributed by atoms with Gasteiger partial charge in [0.2, 0.25) is 0 Å². The van der Waals surface area contributed by atoms with Crippen LogP contribution < -0.4 is 40.6 Å². The minimum Gasteiger partial charge on any atom is -0.756 e. The first-order valence-electron chi connectivity index (χ1n) is 0.765. The summed E-state index contributed by atoms with van der Waals surface area (Å²) in [6, 6.07) is 0. The molecule has 9 N–H and O–H groups in total. The van der Waals surface area contributed by atoms with Crippen molar-refractivity contribution >= 4 is 7.82 Å². The van der Waals surface area contributed by atoms with E-state index in [4.69, 9.17) is 19.2 Å². The minimum atomic E-state index is -4.89. The Hall–Kier alpha value is 0.990. The van der Waals surface area contributed by atoms with Gasteiger partial charge in [-0.1, -0.05) is 0 Å². The maximum Gasteiger partial charge on any atom is 1.00 e. The minimum absolute atomic E-state index is 0. The largest absolute Gasteiger partial charge is 1.00 e. The van der Waals surface area contributed by atoms with E-state index < -0.39 is 7.82 Å². The van der Waals surface area contributed by atoms with E-state index in [2.05, 4.69) is 0 Å². The van der Waals surface area contributed by atoms with Crippen LogP contribution in [0.1, 0.15) is 0 Å². The quantitative estimate of drug-likeness (QED) is 0.243. The molecule has 0 heterocycles. The Kier molecular flexibility index (Phi) is 42.3. The molecule has 0 aromatic heterocycles. The Morgan fingerprint density at radius 3 is 1.22 bits per heavy atom. The van der Waals surface area contributed by atoms with Gasteiger partial charge in [-0.2, -0.15) is 0 Å². The maximum absolute atomic E-state index is 8.77. The van der Waals surface area contributed by atoms with Crippen LogP contribution in [0.15, 0.2) is 0 Å². The molecule has 0 spiro atoms. The second-order valence-corrected chi connectivity index (χ2v) is 1.47. The fraction of sp³-hybridized carbons (Fsp3) is 0. The molecule has 0 aliphatic carbocycles. The van der Waals surface area contributed by atoms with Crippen molar-refractivity contribution in [1.82, 2.24) is 6.15 Å². The fourth-order valence-corrected chi connectivity index (χ4v) is 0. The zero-order valence-electron chi connectivity index (χ0n) is 4.87. The standard InChI is InChI=1S/H3N.Na.H3O4P.2H2O/c;;1-5(2,3)4;;/h1H3;;(H3,1,2,3,4);2*1H2/q;+1;;;/p-1. The molecule has 0 aromatic rings. The third-order valence-corrected chi connectivity index (χ3v) is 0. The Bertz CT molecular complexity index is 59.2. The first-order valence-corrected chi connectivity index (χ1v) is 2.30. The summed E-state index contributed by atoms with van der Waals surface area (Å²) in [5.74, 6) is 0. The SMILES string of the molecule is N.O.O.O=P([O-])(O)O.[Na+]. The van der Waals surface area contributed by atoms with Crippen molar-refractivity contribution in [3.63, 3.8) is 0 Å². The topological polar surface area (TPSA) is 179 Å². The van der Waals surface area contributed by atoms with Gasteiger partial charge in [-0.25, -0.2) is 0 Å². The average molecular weight is 173 g/mol. The third-order valence-electron chi connectivity index (χ3n) is 0. The maximum atomic E-state index is 8.77. The summed E-state index contributed by atoms with van der Waals surface area (Å²) in [6.07, 6.45) is 0. The average Bonchev–Trinajstić information content (AvgIpc) is 0.722. The summed E-state index contributed by atoms with van der Waals surface area (Å²) in [4.78, 5) is 22.9. The second kappa shape index (κ2) is 11.7. The van der Waals surface area contributed by atoms with Gasteiger partial charge in [0.25, 0.3) is 7.82 Å². The van der Waals surface area contributed by atoms with Crippen LogP contribution >= 0.6 is 7.82 Å². The summed E-state index contributed by atoms with van der Waals surface area (Å²) >= 11 is 0. The molecule has 0 aromatic carbocycles. The van der Waals surface area contributed by atoms with Gasteiger partial charge in [-0.15, -0.1) is 0 Å². The molecular weight excluding hydrogens is 164 g/mol. The van der Waals surface area contributed by atoms with Crippen molar-refractivity contribution < 1.29 is 59.8 Å². The van der Waals surface area contributed by atoms with Crippen LogP contribution in [-0.4, -0.2) is 20.7 Å². The second-order valence-electron chi connectivity index (χ2n) is 0.491. The van der Waals surface area contributed by atoms with Crippen molar-refractivity contribution in [1.29, 1.82) is 0 Å². The van der Waals surface area contributed by atoms with E-state index in [1.807, 2.05) is 0 Å². The molecule has 0 atom stereocenters. The van der Waals surface area contributed by atoms with Crippen LogP contribution in [0.5, 0.6) is 0 Å². The molecule has 0 aliphatic rings. The molecule has 9 heavy (non-hydrogen) atoms. The van der Waals surface area contributed by atoms with Crippen LogP contribution in [0.25, 0.3) is 0 Å². The van der Waals surface area contributed by atoms with E-state index in [9.17, 15) is 0 Å². The number of hydrogen-bond acceptors (Lipinski definition) is 3. The van der Waals surface area contributed by atoms with E-state index in [0.29, 0.717) is 0 Å². The smallest absolute Gasteiger partial charge is 0.756 e. The first kappa shape index (κ1) is 32.4. The molecule has 0 fully saturated rings. The number of hydrogen-bond donors (Lipinski definition) is 3. The van der Waals surface area contributed by atoms with Crippen LogP contribution in [0.2, 0.25) is 0 Å². The van der Waals surface area contributed by atoms with Gasteiger partial charge in [0.05, 0.1) is 0 Å². The molecule has 0 saturated heterocycles. The van der Waals surface area contributed by atoms with E-state index in [1.54, 1.807) is 0 Å². The third kappa shape index (κ3) is 448. The van der Waals surface area contributed by atoms with Crippen LogP contribution in [0.3, 0.4) is 0 Å². The molecule has 9 heteroatoms. The van der Waals surface area contributed by atoms with E-state index in [-0.39, 0.29) is 46.7 Å². The van der Waals surface area contributed by atoms with Gasteiger partial charge >= 0.3 is 29.6 Å². The monoisotopic (exact) mass is 173 g/mol. The molecular formula is H9NNaO6P. The summed E-state index contributed by atoms with van der Waals surface area (Å²) in [6.45, 7) is 0. The van der Waals surface area contributed by atoms with E-state index >= 15 is 0 Å². The van der Waals surface area contributed by atoms with Crippen molar-refractivity contribution in [2.45, 2.75) is 0 Å². The van der Waals surface area contributed by atoms with Gasteiger partial charge in [-0.05, 0) is 0 Å². The van der Waals surface area contributed by atoms with Gasteiger partial charge in [0.1, 0.15) is 0 Å². The Morgan fingerprint density at radius 1 is 1.22 bits per heavy atom. The normalized spacial score (nSPS) is 6.56. The summed E-state index contributed by atoms with van der Waals surface area (Å²) in [5.41, 5.74) is 0. The fourth-order valence-electron chi connectivity index (χ4n) is 0. The molecule has 56 valence electrons. The van der Waals surface area contributed by atoms with Crippen molar-refractivity contribution in [2.75, 3.05) is 0 Å². The molecule has 0 bridgehead atoms. The number of phosphoric acid groups is 1. The van der Waals surface area contributed by atoms with Crippen molar-refractivity contribution in [3.05, 3.63) is 0 Å². The predicted molar refractivity (Wildman–Crippen MR) is 24.3 cm³/mol. The Labute approximate surface area is 73.8 Å². The zero-order chi connectivity index (χ0) is 4.50. The first-order chi connectivity index (χ1) is 2.00. The van der Waals surface area contributed by atoms with Gasteiger partial charge in [-0.3, -0.25) is 4.57 Å². The van der Waals surface area contributed by atoms with Crippen molar-refractivity contribution in [3.8, 4) is 0 Å².